The van der Waals surface area contributed by atoms with E-state index in [1.807, 2.05) is 16.8 Å². The van der Waals surface area contributed by atoms with Crippen molar-refractivity contribution in [1.82, 2.24) is 10.9 Å². The zero-order chi connectivity index (χ0) is 18.8. The molecule has 0 spiro atoms. The van der Waals surface area contributed by atoms with E-state index in [1.165, 1.54) is 7.11 Å². The number of benzene rings is 1. The number of amides is 2. The fourth-order valence-corrected chi connectivity index (χ4v) is 2.91. The fourth-order valence-electron chi connectivity index (χ4n) is 2.21. The van der Waals surface area contributed by atoms with Crippen LogP contribution in [0, 0.1) is 0 Å². The Bertz CT molecular complexity index is 716. The molecule has 0 atom stereocenters. The van der Waals surface area contributed by atoms with Gasteiger partial charge in [-0.05, 0) is 53.4 Å². The normalized spacial score (nSPS) is 10.2. The fraction of sp³-hybridized carbons (Fsp3) is 0.368. The van der Waals surface area contributed by atoms with Gasteiger partial charge in [-0.25, -0.2) is 0 Å². The first kappa shape index (κ1) is 19.8. The molecule has 7 heteroatoms. The van der Waals surface area contributed by atoms with Gasteiger partial charge < -0.3 is 9.47 Å². The van der Waals surface area contributed by atoms with Crippen LogP contribution < -0.4 is 20.3 Å². The lowest BCUT2D eigenvalue weighted by Gasteiger charge is -2.12. The first-order chi connectivity index (χ1) is 12.6. The smallest absolute Gasteiger partial charge is 0.269 e. The minimum atomic E-state index is -0.410. The van der Waals surface area contributed by atoms with Gasteiger partial charge in [-0.3, -0.25) is 20.4 Å². The predicted molar refractivity (Wildman–Crippen MR) is 102 cm³/mol. The standard InChI is InChI=1S/C19H24N2O4S/c1-3-4-10-25-16-7-6-15(12-17(16)24-2)19(23)21-20-18(22)8-5-14-9-11-26-13-14/h6-7,9,11-13H,3-5,8,10H2,1-2H3,(H,20,22)(H,21,23). The van der Waals surface area contributed by atoms with Crippen LogP contribution in [-0.2, 0) is 11.2 Å². The molecule has 140 valence electrons. The van der Waals surface area contributed by atoms with E-state index < -0.39 is 5.91 Å². The third kappa shape index (κ3) is 6.07. The SMILES string of the molecule is CCCCOc1ccc(C(=O)NNC(=O)CCc2ccsc2)cc1OC. The molecule has 0 unspecified atom stereocenters. The molecule has 2 N–H and O–H groups in total. The van der Waals surface area contributed by atoms with Crippen LogP contribution in [0.1, 0.15) is 42.1 Å². The van der Waals surface area contributed by atoms with Crippen LogP contribution >= 0.6 is 11.3 Å². The molecule has 0 radical (unpaired) electrons. The Labute approximate surface area is 157 Å². The summed E-state index contributed by atoms with van der Waals surface area (Å²) in [7, 11) is 1.52. The molecule has 0 aliphatic carbocycles. The number of aryl methyl sites for hydroxylation is 1. The summed E-state index contributed by atoms with van der Waals surface area (Å²) >= 11 is 1.59. The van der Waals surface area contributed by atoms with Gasteiger partial charge in [0.05, 0.1) is 13.7 Å². The predicted octanol–water partition coefficient (Wildman–Crippen LogP) is 3.33. The lowest BCUT2D eigenvalue weighted by atomic mass is 10.2. The number of carbonyl (C=O) groups excluding carboxylic acids is 2. The lowest BCUT2D eigenvalue weighted by Crippen LogP contribution is -2.41. The van der Waals surface area contributed by atoms with Gasteiger partial charge >= 0.3 is 0 Å². The van der Waals surface area contributed by atoms with E-state index in [9.17, 15) is 9.59 Å². The van der Waals surface area contributed by atoms with Gasteiger partial charge in [0.1, 0.15) is 0 Å². The van der Waals surface area contributed by atoms with Crippen molar-refractivity contribution in [2.75, 3.05) is 13.7 Å². The van der Waals surface area contributed by atoms with Crippen LogP contribution in [0.25, 0.3) is 0 Å². The molecule has 1 aromatic carbocycles. The van der Waals surface area contributed by atoms with Crippen LogP contribution in [0.2, 0.25) is 0 Å². The van der Waals surface area contributed by atoms with Crippen LogP contribution in [-0.4, -0.2) is 25.5 Å². The van der Waals surface area contributed by atoms with Gasteiger partial charge in [0, 0.05) is 12.0 Å². The summed E-state index contributed by atoms with van der Waals surface area (Å²) in [5.74, 6) is 0.429. The number of rotatable bonds is 9. The van der Waals surface area contributed by atoms with Crippen molar-refractivity contribution in [2.24, 2.45) is 0 Å². The molecule has 0 saturated heterocycles. The van der Waals surface area contributed by atoms with E-state index in [1.54, 1.807) is 29.5 Å². The molecular weight excluding hydrogens is 352 g/mol. The second-order valence-corrected chi connectivity index (χ2v) is 6.48. The minimum Gasteiger partial charge on any atom is -0.493 e. The van der Waals surface area contributed by atoms with Crippen molar-refractivity contribution in [3.05, 3.63) is 46.2 Å². The lowest BCUT2D eigenvalue weighted by molar-refractivity contribution is -0.121. The van der Waals surface area contributed by atoms with Crippen LogP contribution in [0.3, 0.4) is 0 Å². The van der Waals surface area contributed by atoms with Crippen molar-refractivity contribution >= 4 is 23.2 Å². The number of hydrazine groups is 1. The Morgan fingerprint density at radius 2 is 2.00 bits per heavy atom. The second-order valence-electron chi connectivity index (χ2n) is 5.70. The number of hydrogen-bond acceptors (Lipinski definition) is 5. The van der Waals surface area contributed by atoms with E-state index in [0.29, 0.717) is 36.5 Å². The van der Waals surface area contributed by atoms with Crippen molar-refractivity contribution in [3.8, 4) is 11.5 Å². The summed E-state index contributed by atoms with van der Waals surface area (Å²) in [6, 6.07) is 6.90. The molecule has 1 aromatic heterocycles. The van der Waals surface area contributed by atoms with Gasteiger partial charge in [0.15, 0.2) is 11.5 Å². The first-order valence-electron chi connectivity index (χ1n) is 8.55. The number of methoxy groups -OCH3 is 1. The molecule has 0 fully saturated rings. The number of nitrogens with one attached hydrogen (secondary N) is 2. The summed E-state index contributed by atoms with van der Waals surface area (Å²) in [4.78, 5) is 24.0. The summed E-state index contributed by atoms with van der Waals surface area (Å²) in [6.45, 7) is 2.68. The maximum Gasteiger partial charge on any atom is 0.269 e. The van der Waals surface area contributed by atoms with Gasteiger partial charge in [0.2, 0.25) is 5.91 Å². The number of unbranched alkanes of at least 4 members (excludes halogenated alkanes) is 1. The highest BCUT2D eigenvalue weighted by molar-refractivity contribution is 7.07. The quantitative estimate of drug-likeness (QED) is 0.520. The highest BCUT2D eigenvalue weighted by Crippen LogP contribution is 2.28. The van der Waals surface area contributed by atoms with Crippen molar-refractivity contribution < 1.29 is 19.1 Å². The monoisotopic (exact) mass is 376 g/mol. The van der Waals surface area contributed by atoms with Crippen LogP contribution in [0.15, 0.2) is 35.0 Å². The summed E-state index contributed by atoms with van der Waals surface area (Å²) < 4.78 is 10.9. The zero-order valence-electron chi connectivity index (χ0n) is 15.0. The molecule has 0 saturated carbocycles. The van der Waals surface area contributed by atoms with E-state index >= 15 is 0 Å². The molecule has 2 amide bonds. The van der Waals surface area contributed by atoms with Crippen LogP contribution in [0.4, 0.5) is 0 Å². The molecule has 0 bridgehead atoms. The largest absolute Gasteiger partial charge is 0.493 e. The Kier molecular flexibility index (Phi) is 7.95. The Hall–Kier alpha value is -2.54. The number of ether oxygens (including phenoxy) is 2. The highest BCUT2D eigenvalue weighted by Gasteiger charge is 2.12. The molecule has 1 heterocycles. The van der Waals surface area contributed by atoms with Gasteiger partial charge in [-0.2, -0.15) is 11.3 Å². The molecule has 26 heavy (non-hydrogen) atoms. The zero-order valence-corrected chi connectivity index (χ0v) is 15.9. The topological polar surface area (TPSA) is 76.7 Å². The number of hydrogen-bond donors (Lipinski definition) is 2. The van der Waals surface area contributed by atoms with Crippen molar-refractivity contribution in [3.63, 3.8) is 0 Å². The molecule has 2 aromatic rings. The van der Waals surface area contributed by atoms with Gasteiger partial charge in [0.25, 0.3) is 5.91 Å². The highest BCUT2D eigenvalue weighted by atomic mass is 32.1. The Morgan fingerprint density at radius 3 is 2.69 bits per heavy atom. The average molecular weight is 376 g/mol. The molecule has 0 aliphatic heterocycles. The molecule has 2 rings (SSSR count). The molecule has 6 nitrogen and oxygen atoms in total. The van der Waals surface area contributed by atoms with Gasteiger partial charge in [-0.1, -0.05) is 13.3 Å². The van der Waals surface area contributed by atoms with E-state index in [0.717, 1.165) is 18.4 Å². The first-order valence-corrected chi connectivity index (χ1v) is 9.49. The Morgan fingerprint density at radius 1 is 1.15 bits per heavy atom. The minimum absolute atomic E-state index is 0.240. The Balaban J connectivity index is 1.85. The number of thiophene rings is 1. The summed E-state index contributed by atoms with van der Waals surface area (Å²) in [5, 5.41) is 3.97. The van der Waals surface area contributed by atoms with Crippen molar-refractivity contribution in [2.45, 2.75) is 32.6 Å². The number of carbonyl (C=O) groups is 2. The maximum atomic E-state index is 12.2. The maximum absolute atomic E-state index is 12.2. The summed E-state index contributed by atoms with van der Waals surface area (Å²) in [5.41, 5.74) is 6.34. The van der Waals surface area contributed by atoms with Gasteiger partial charge in [-0.15, -0.1) is 0 Å². The van der Waals surface area contributed by atoms with E-state index in [4.69, 9.17) is 9.47 Å². The van der Waals surface area contributed by atoms with Crippen LogP contribution in [0.5, 0.6) is 11.5 Å². The van der Waals surface area contributed by atoms with E-state index in [2.05, 4.69) is 17.8 Å². The third-order valence-corrected chi connectivity index (χ3v) is 4.45. The molecular formula is C19H24N2O4S. The molecule has 0 aliphatic rings. The third-order valence-electron chi connectivity index (χ3n) is 3.72. The van der Waals surface area contributed by atoms with E-state index in [-0.39, 0.29) is 5.91 Å². The summed E-state index contributed by atoms with van der Waals surface area (Å²) in [6.07, 6.45) is 2.94. The average Bonchev–Trinajstić information content (AvgIpc) is 3.18. The second kappa shape index (κ2) is 10.5. The van der Waals surface area contributed by atoms with Crippen molar-refractivity contribution in [1.29, 1.82) is 0 Å².